The fraction of sp³-hybridized carbons (Fsp3) is 0.900. The molecule has 0 saturated heterocycles. The Kier molecular flexibility index (Phi) is 4.99. The molecule has 3 heteroatoms. The van der Waals surface area contributed by atoms with Crippen LogP contribution in [0.1, 0.15) is 40.5 Å². The molecule has 3 nitrogen and oxygen atoms in total. The van der Waals surface area contributed by atoms with Crippen molar-refractivity contribution in [3.05, 3.63) is 0 Å². The number of carbonyl (C=O) groups is 1. The molecule has 0 aromatic heterocycles. The molecule has 0 aliphatic rings. The van der Waals surface area contributed by atoms with Crippen LogP contribution in [-0.4, -0.2) is 23.8 Å². The Morgan fingerprint density at radius 3 is 2.38 bits per heavy atom. The molecular weight excluding hydrogens is 168 g/mol. The maximum absolute atomic E-state index is 11.2. The lowest BCUT2D eigenvalue weighted by Gasteiger charge is -2.17. The minimum absolute atomic E-state index is 0.212. The number of hydrogen-bond donors (Lipinski definition) is 1. The lowest BCUT2D eigenvalue weighted by molar-refractivity contribution is -0.153. The standard InChI is InChI=1S/C10H20O3/c1-5-8(11)6-7-13-9(12)10(2,3)4/h8,11H,5-7H2,1-4H3. The summed E-state index contributed by atoms with van der Waals surface area (Å²) in [5.41, 5.74) is -0.447. The fourth-order valence-electron chi connectivity index (χ4n) is 0.708. The van der Waals surface area contributed by atoms with Crippen LogP contribution in [-0.2, 0) is 9.53 Å². The van der Waals surface area contributed by atoms with Gasteiger partial charge in [-0.2, -0.15) is 0 Å². The molecule has 0 fully saturated rings. The van der Waals surface area contributed by atoms with E-state index in [-0.39, 0.29) is 12.1 Å². The topological polar surface area (TPSA) is 46.5 Å². The zero-order valence-corrected chi connectivity index (χ0v) is 8.96. The van der Waals surface area contributed by atoms with Crippen molar-refractivity contribution >= 4 is 5.97 Å². The van der Waals surface area contributed by atoms with Crippen LogP contribution >= 0.6 is 0 Å². The molecule has 78 valence electrons. The molecule has 1 unspecified atom stereocenters. The van der Waals surface area contributed by atoms with Crippen molar-refractivity contribution < 1.29 is 14.6 Å². The van der Waals surface area contributed by atoms with Crippen LogP contribution in [0.15, 0.2) is 0 Å². The Labute approximate surface area is 80.1 Å². The molecular formula is C10H20O3. The lowest BCUT2D eigenvalue weighted by atomic mass is 9.97. The largest absolute Gasteiger partial charge is 0.465 e. The molecule has 0 radical (unpaired) electrons. The minimum Gasteiger partial charge on any atom is -0.465 e. The summed E-state index contributed by atoms with van der Waals surface area (Å²) in [6.45, 7) is 7.64. The van der Waals surface area contributed by atoms with Crippen molar-refractivity contribution in [2.24, 2.45) is 5.41 Å². The number of carbonyl (C=O) groups excluding carboxylic acids is 1. The number of aliphatic hydroxyl groups excluding tert-OH is 1. The average Bonchev–Trinajstić information content (AvgIpc) is 2.02. The normalized spacial score (nSPS) is 13.9. The van der Waals surface area contributed by atoms with Gasteiger partial charge in [0.15, 0.2) is 0 Å². The van der Waals surface area contributed by atoms with Gasteiger partial charge in [-0.05, 0) is 27.2 Å². The summed E-state index contributed by atoms with van der Waals surface area (Å²) in [4.78, 5) is 11.2. The summed E-state index contributed by atoms with van der Waals surface area (Å²) in [5.74, 6) is -0.212. The molecule has 0 bridgehead atoms. The molecule has 13 heavy (non-hydrogen) atoms. The Morgan fingerprint density at radius 2 is 2.00 bits per heavy atom. The van der Waals surface area contributed by atoms with E-state index in [4.69, 9.17) is 4.74 Å². The van der Waals surface area contributed by atoms with Crippen LogP contribution in [0.5, 0.6) is 0 Å². The molecule has 0 heterocycles. The lowest BCUT2D eigenvalue weighted by Crippen LogP contribution is -2.24. The Balaban J connectivity index is 3.60. The Hall–Kier alpha value is -0.570. The average molecular weight is 188 g/mol. The Morgan fingerprint density at radius 1 is 1.46 bits per heavy atom. The highest BCUT2D eigenvalue weighted by atomic mass is 16.5. The summed E-state index contributed by atoms with van der Waals surface area (Å²) in [5, 5.41) is 9.18. The third kappa shape index (κ3) is 5.64. The Bertz CT molecular complexity index is 158. The van der Waals surface area contributed by atoms with Crippen molar-refractivity contribution in [1.82, 2.24) is 0 Å². The van der Waals surface area contributed by atoms with Crippen LogP contribution in [0.3, 0.4) is 0 Å². The van der Waals surface area contributed by atoms with E-state index in [2.05, 4.69) is 0 Å². The second-order valence-electron chi connectivity index (χ2n) is 4.24. The van der Waals surface area contributed by atoms with Gasteiger partial charge in [0.1, 0.15) is 0 Å². The van der Waals surface area contributed by atoms with Gasteiger partial charge >= 0.3 is 5.97 Å². The predicted molar refractivity (Wildman–Crippen MR) is 51.3 cm³/mol. The first kappa shape index (κ1) is 12.4. The summed E-state index contributed by atoms with van der Waals surface area (Å²) >= 11 is 0. The van der Waals surface area contributed by atoms with E-state index < -0.39 is 5.41 Å². The van der Waals surface area contributed by atoms with Gasteiger partial charge in [0.2, 0.25) is 0 Å². The quantitative estimate of drug-likeness (QED) is 0.683. The maximum Gasteiger partial charge on any atom is 0.311 e. The van der Waals surface area contributed by atoms with Gasteiger partial charge in [0, 0.05) is 6.42 Å². The first-order chi connectivity index (χ1) is 5.88. The molecule has 0 aromatic carbocycles. The van der Waals surface area contributed by atoms with Crippen molar-refractivity contribution in [3.8, 4) is 0 Å². The van der Waals surface area contributed by atoms with Crippen LogP contribution in [0.4, 0.5) is 0 Å². The first-order valence-electron chi connectivity index (χ1n) is 4.73. The van der Waals surface area contributed by atoms with E-state index in [1.165, 1.54) is 0 Å². The number of aliphatic hydroxyl groups is 1. The van der Waals surface area contributed by atoms with E-state index in [0.29, 0.717) is 19.4 Å². The van der Waals surface area contributed by atoms with E-state index in [9.17, 15) is 9.90 Å². The molecule has 0 saturated carbocycles. The smallest absolute Gasteiger partial charge is 0.311 e. The summed E-state index contributed by atoms with van der Waals surface area (Å²) < 4.78 is 4.98. The highest BCUT2D eigenvalue weighted by Crippen LogP contribution is 2.15. The highest BCUT2D eigenvalue weighted by molar-refractivity contribution is 5.75. The van der Waals surface area contributed by atoms with Crippen LogP contribution in [0.2, 0.25) is 0 Å². The van der Waals surface area contributed by atoms with E-state index >= 15 is 0 Å². The predicted octanol–water partition coefficient (Wildman–Crippen LogP) is 1.74. The number of hydrogen-bond acceptors (Lipinski definition) is 3. The SMILES string of the molecule is CCC(O)CCOC(=O)C(C)(C)C. The van der Waals surface area contributed by atoms with Crippen LogP contribution in [0.25, 0.3) is 0 Å². The second-order valence-corrected chi connectivity index (χ2v) is 4.24. The number of esters is 1. The molecule has 1 N–H and O–H groups in total. The second kappa shape index (κ2) is 5.22. The van der Waals surface area contributed by atoms with Crippen molar-refractivity contribution in [2.45, 2.75) is 46.6 Å². The molecule has 0 aliphatic heterocycles. The molecule has 0 aliphatic carbocycles. The molecule has 0 spiro atoms. The van der Waals surface area contributed by atoms with Gasteiger partial charge in [0.05, 0.1) is 18.1 Å². The molecule has 0 rings (SSSR count). The highest BCUT2D eigenvalue weighted by Gasteiger charge is 2.22. The molecule has 1 atom stereocenters. The van der Waals surface area contributed by atoms with Crippen molar-refractivity contribution in [3.63, 3.8) is 0 Å². The number of ether oxygens (including phenoxy) is 1. The van der Waals surface area contributed by atoms with Gasteiger partial charge in [0.25, 0.3) is 0 Å². The monoisotopic (exact) mass is 188 g/mol. The third-order valence-electron chi connectivity index (χ3n) is 1.77. The van der Waals surface area contributed by atoms with E-state index in [1.54, 1.807) is 0 Å². The summed E-state index contributed by atoms with van der Waals surface area (Å²) in [6.07, 6.45) is 0.874. The van der Waals surface area contributed by atoms with Crippen molar-refractivity contribution in [1.29, 1.82) is 0 Å². The van der Waals surface area contributed by atoms with Gasteiger partial charge in [-0.15, -0.1) is 0 Å². The van der Waals surface area contributed by atoms with Gasteiger partial charge < -0.3 is 9.84 Å². The number of rotatable bonds is 4. The fourth-order valence-corrected chi connectivity index (χ4v) is 0.708. The van der Waals surface area contributed by atoms with Crippen molar-refractivity contribution in [2.75, 3.05) is 6.61 Å². The zero-order valence-electron chi connectivity index (χ0n) is 8.96. The van der Waals surface area contributed by atoms with Gasteiger partial charge in [-0.25, -0.2) is 0 Å². The third-order valence-corrected chi connectivity index (χ3v) is 1.77. The van der Waals surface area contributed by atoms with Crippen LogP contribution < -0.4 is 0 Å². The summed E-state index contributed by atoms with van der Waals surface area (Å²) in [7, 11) is 0. The van der Waals surface area contributed by atoms with Crippen LogP contribution in [0, 0.1) is 5.41 Å². The molecule has 0 amide bonds. The minimum atomic E-state index is -0.447. The zero-order chi connectivity index (χ0) is 10.5. The van der Waals surface area contributed by atoms with E-state index in [1.807, 2.05) is 27.7 Å². The van der Waals surface area contributed by atoms with E-state index in [0.717, 1.165) is 0 Å². The first-order valence-corrected chi connectivity index (χ1v) is 4.73. The summed E-state index contributed by atoms with van der Waals surface area (Å²) in [6, 6.07) is 0. The van der Waals surface area contributed by atoms with Gasteiger partial charge in [-0.3, -0.25) is 4.79 Å². The van der Waals surface area contributed by atoms with Gasteiger partial charge in [-0.1, -0.05) is 6.92 Å². The maximum atomic E-state index is 11.2. The molecule has 0 aromatic rings.